The molecule has 0 aromatic heterocycles. The Kier molecular flexibility index (Phi) is 8.21. The predicted molar refractivity (Wildman–Crippen MR) is 111 cm³/mol. The molecular weight excluding hydrogens is 386 g/mol. The molecule has 162 valence electrons. The van der Waals surface area contributed by atoms with Gasteiger partial charge in [-0.1, -0.05) is 42.5 Å². The molecule has 7 heteroatoms. The van der Waals surface area contributed by atoms with E-state index in [1.807, 2.05) is 42.5 Å². The maximum Gasteiger partial charge on any atom is 0.308 e. The molecule has 2 aromatic carbocycles. The third-order valence-corrected chi connectivity index (χ3v) is 5.42. The van der Waals surface area contributed by atoms with Crippen molar-refractivity contribution in [3.63, 3.8) is 0 Å². The molecule has 0 aliphatic carbocycles. The molecule has 3 rings (SSSR count). The average Bonchev–Trinajstić information content (AvgIpc) is 2.76. The van der Waals surface area contributed by atoms with Gasteiger partial charge in [-0.25, -0.2) is 0 Å². The molecule has 1 aliphatic rings. The van der Waals surface area contributed by atoms with E-state index in [9.17, 15) is 20.1 Å². The Hall–Kier alpha value is -2.45. The summed E-state index contributed by atoms with van der Waals surface area (Å²) in [7, 11) is 0. The van der Waals surface area contributed by atoms with Gasteiger partial charge in [-0.2, -0.15) is 0 Å². The maximum absolute atomic E-state index is 11.7. The second-order valence-electron chi connectivity index (χ2n) is 7.52. The van der Waals surface area contributed by atoms with Gasteiger partial charge < -0.3 is 30.1 Å². The Labute approximate surface area is 176 Å². The van der Waals surface area contributed by atoms with Crippen LogP contribution >= 0.6 is 0 Å². The van der Waals surface area contributed by atoms with Gasteiger partial charge in [0.25, 0.3) is 0 Å². The lowest BCUT2D eigenvalue weighted by Crippen LogP contribution is -2.49. The Bertz CT molecular complexity index is 780. The molecule has 3 atom stereocenters. The molecule has 1 saturated heterocycles. The van der Waals surface area contributed by atoms with Gasteiger partial charge >= 0.3 is 5.97 Å². The van der Waals surface area contributed by atoms with E-state index >= 15 is 0 Å². The lowest BCUT2D eigenvalue weighted by atomic mass is 9.74. The predicted octanol–water partition coefficient (Wildman–Crippen LogP) is 1.99. The zero-order valence-corrected chi connectivity index (χ0v) is 16.8. The first-order chi connectivity index (χ1) is 14.6. The number of carboxylic acids is 1. The highest BCUT2D eigenvalue weighted by Gasteiger charge is 2.41. The largest absolute Gasteiger partial charge is 0.494 e. The molecule has 4 N–H and O–H groups in total. The molecule has 0 spiro atoms. The SMILES string of the molecule is O=C(O)[C@H]1CNC[C@@H](C(O)O)[C@@H]1c1ccc(OCCCOCc2ccccc2)cc1. The number of rotatable bonds is 10. The molecular formula is C23H29NO6. The van der Waals surface area contributed by atoms with Gasteiger partial charge in [0.05, 0.1) is 25.7 Å². The lowest BCUT2D eigenvalue weighted by Gasteiger charge is -2.37. The summed E-state index contributed by atoms with van der Waals surface area (Å²) in [6, 6.07) is 17.2. The summed E-state index contributed by atoms with van der Waals surface area (Å²) in [4.78, 5) is 11.7. The van der Waals surface area contributed by atoms with E-state index in [0.717, 1.165) is 17.5 Å². The summed E-state index contributed by atoms with van der Waals surface area (Å²) in [5.41, 5.74) is 1.90. The molecule has 1 aliphatic heterocycles. The second-order valence-corrected chi connectivity index (χ2v) is 7.52. The third-order valence-electron chi connectivity index (χ3n) is 5.42. The number of aliphatic hydroxyl groups excluding tert-OH is 1. The van der Waals surface area contributed by atoms with Crippen LogP contribution in [-0.2, 0) is 16.1 Å². The molecule has 0 bridgehead atoms. The summed E-state index contributed by atoms with van der Waals surface area (Å²) in [6.07, 6.45) is -0.834. The summed E-state index contributed by atoms with van der Waals surface area (Å²) < 4.78 is 11.4. The first-order valence-electron chi connectivity index (χ1n) is 10.2. The number of hydrogen-bond donors (Lipinski definition) is 4. The second kappa shape index (κ2) is 11.1. The molecule has 0 unspecified atom stereocenters. The van der Waals surface area contributed by atoms with Crippen molar-refractivity contribution in [2.24, 2.45) is 11.8 Å². The number of hydrogen-bond acceptors (Lipinski definition) is 6. The number of carboxylic acid groups (broad SMARTS) is 1. The Morgan fingerprint density at radius 2 is 1.77 bits per heavy atom. The van der Waals surface area contributed by atoms with E-state index in [1.165, 1.54) is 0 Å². The third kappa shape index (κ3) is 6.03. The Balaban J connectivity index is 1.49. The maximum atomic E-state index is 11.7. The van der Waals surface area contributed by atoms with Crippen LogP contribution in [0.2, 0.25) is 0 Å². The van der Waals surface area contributed by atoms with Gasteiger partial charge in [0.2, 0.25) is 0 Å². The van der Waals surface area contributed by atoms with Crippen LogP contribution in [0.25, 0.3) is 0 Å². The zero-order chi connectivity index (χ0) is 21.3. The van der Waals surface area contributed by atoms with Crippen molar-refractivity contribution in [1.82, 2.24) is 5.32 Å². The first-order valence-corrected chi connectivity index (χ1v) is 10.2. The van der Waals surface area contributed by atoms with E-state index in [0.29, 0.717) is 38.7 Å². The van der Waals surface area contributed by atoms with Crippen LogP contribution in [0.5, 0.6) is 5.75 Å². The first kappa shape index (κ1) is 22.2. The van der Waals surface area contributed by atoms with Crippen LogP contribution in [0, 0.1) is 11.8 Å². The fourth-order valence-electron chi connectivity index (χ4n) is 3.87. The molecule has 2 aromatic rings. The highest BCUT2D eigenvalue weighted by atomic mass is 16.5. The quantitative estimate of drug-likeness (QED) is 0.347. The van der Waals surface area contributed by atoms with Gasteiger partial charge in [-0.15, -0.1) is 0 Å². The highest BCUT2D eigenvalue weighted by molar-refractivity contribution is 5.72. The van der Waals surface area contributed by atoms with Gasteiger partial charge in [-0.05, 0) is 23.3 Å². The van der Waals surface area contributed by atoms with Crippen LogP contribution in [0.1, 0.15) is 23.5 Å². The van der Waals surface area contributed by atoms with Gasteiger partial charge in [0.1, 0.15) is 5.75 Å². The number of benzene rings is 2. The smallest absolute Gasteiger partial charge is 0.308 e. The van der Waals surface area contributed by atoms with E-state index in [4.69, 9.17) is 9.47 Å². The van der Waals surface area contributed by atoms with Crippen molar-refractivity contribution >= 4 is 5.97 Å². The Morgan fingerprint density at radius 1 is 1.03 bits per heavy atom. The Morgan fingerprint density at radius 3 is 2.43 bits per heavy atom. The monoisotopic (exact) mass is 415 g/mol. The highest BCUT2D eigenvalue weighted by Crippen LogP contribution is 2.37. The average molecular weight is 415 g/mol. The lowest BCUT2D eigenvalue weighted by molar-refractivity contribution is -0.148. The van der Waals surface area contributed by atoms with Gasteiger partial charge in [-0.3, -0.25) is 4.79 Å². The number of aliphatic hydroxyl groups is 2. The fourth-order valence-corrected chi connectivity index (χ4v) is 3.87. The molecule has 7 nitrogen and oxygen atoms in total. The van der Waals surface area contributed by atoms with Crippen molar-refractivity contribution in [1.29, 1.82) is 0 Å². The molecule has 30 heavy (non-hydrogen) atoms. The fraction of sp³-hybridized carbons (Fsp3) is 0.435. The zero-order valence-electron chi connectivity index (χ0n) is 16.8. The minimum atomic E-state index is -1.59. The van der Waals surface area contributed by atoms with Crippen molar-refractivity contribution in [3.05, 3.63) is 65.7 Å². The summed E-state index contributed by atoms with van der Waals surface area (Å²) in [5, 5.41) is 31.9. The summed E-state index contributed by atoms with van der Waals surface area (Å²) in [6.45, 7) is 2.34. The van der Waals surface area contributed by atoms with Crippen molar-refractivity contribution in [2.45, 2.75) is 25.2 Å². The normalized spacial score (nSPS) is 21.5. The minimum absolute atomic E-state index is 0.296. The molecule has 0 radical (unpaired) electrons. The van der Waals surface area contributed by atoms with Gasteiger partial charge in [0, 0.05) is 31.3 Å². The van der Waals surface area contributed by atoms with Crippen molar-refractivity contribution in [3.8, 4) is 5.75 Å². The number of piperidine rings is 1. The summed E-state index contributed by atoms with van der Waals surface area (Å²) in [5.74, 6) is -2.06. The molecule has 0 saturated carbocycles. The molecule has 1 heterocycles. The van der Waals surface area contributed by atoms with Crippen LogP contribution in [0.4, 0.5) is 0 Å². The molecule has 0 amide bonds. The number of carbonyl (C=O) groups is 1. The minimum Gasteiger partial charge on any atom is -0.494 e. The summed E-state index contributed by atoms with van der Waals surface area (Å²) >= 11 is 0. The van der Waals surface area contributed by atoms with Crippen LogP contribution in [-0.4, -0.2) is 53.9 Å². The molecule has 1 fully saturated rings. The van der Waals surface area contributed by atoms with E-state index in [1.54, 1.807) is 12.1 Å². The topological polar surface area (TPSA) is 108 Å². The van der Waals surface area contributed by atoms with Crippen LogP contribution < -0.4 is 10.1 Å². The number of ether oxygens (including phenoxy) is 2. The number of aliphatic carboxylic acids is 1. The van der Waals surface area contributed by atoms with Crippen molar-refractivity contribution in [2.75, 3.05) is 26.3 Å². The van der Waals surface area contributed by atoms with Crippen molar-refractivity contribution < 1.29 is 29.6 Å². The standard InChI is InChI=1S/C23H29NO6/c25-22(26)19-13-24-14-20(23(27)28)21(19)17-7-9-18(10-8-17)30-12-4-11-29-15-16-5-2-1-3-6-16/h1-3,5-10,19-22,24-26H,4,11-15H2,(H,27,28)/t19-,20+,21+/m1/s1. The van der Waals surface area contributed by atoms with E-state index in [-0.39, 0.29) is 0 Å². The van der Waals surface area contributed by atoms with E-state index in [2.05, 4.69) is 5.32 Å². The van der Waals surface area contributed by atoms with Crippen LogP contribution in [0.15, 0.2) is 54.6 Å². The van der Waals surface area contributed by atoms with Crippen LogP contribution in [0.3, 0.4) is 0 Å². The number of nitrogens with one attached hydrogen (secondary N) is 1. The van der Waals surface area contributed by atoms with E-state index < -0.39 is 30.0 Å². The van der Waals surface area contributed by atoms with Gasteiger partial charge in [0.15, 0.2) is 6.29 Å².